The van der Waals surface area contributed by atoms with Gasteiger partial charge in [-0.3, -0.25) is 9.88 Å². The molecule has 88 valence electrons. The second-order valence-corrected chi connectivity index (χ2v) is 5.52. The number of nitrogens with zero attached hydrogens (tertiary/aromatic N) is 2. The number of aliphatic hydroxyl groups is 1. The highest BCUT2D eigenvalue weighted by Crippen LogP contribution is 2.17. The number of hydrogen-bond donors (Lipinski definition) is 1. The second-order valence-electron chi connectivity index (χ2n) is 4.42. The smallest absolute Gasteiger partial charge is 0.101 e. The van der Waals surface area contributed by atoms with Gasteiger partial charge >= 0.3 is 0 Å². The van der Waals surface area contributed by atoms with E-state index in [0.717, 1.165) is 29.8 Å². The first-order valence-corrected chi connectivity index (χ1v) is 6.79. The second kappa shape index (κ2) is 5.93. The zero-order valence-corrected chi connectivity index (χ0v) is 11.4. The van der Waals surface area contributed by atoms with Gasteiger partial charge in [0, 0.05) is 25.9 Å². The Kier molecular flexibility index (Phi) is 4.55. The minimum absolute atomic E-state index is 0.321. The standard InChI is InChI=1S/C12H17IN2O/c13-12-4-3-10(6-14-12)7-15-5-1-2-11(8-15)9-16/h3-4,6,11,16H,1-2,5,7-9H2. The van der Waals surface area contributed by atoms with Gasteiger partial charge in [0.1, 0.15) is 3.70 Å². The van der Waals surface area contributed by atoms with Gasteiger partial charge in [-0.1, -0.05) is 6.07 Å². The topological polar surface area (TPSA) is 36.4 Å². The lowest BCUT2D eigenvalue weighted by molar-refractivity contribution is 0.116. The Morgan fingerprint density at radius 2 is 2.38 bits per heavy atom. The van der Waals surface area contributed by atoms with Gasteiger partial charge in [-0.2, -0.15) is 0 Å². The minimum atomic E-state index is 0.321. The number of likely N-dealkylation sites (tertiary alicyclic amines) is 1. The third-order valence-corrected chi connectivity index (χ3v) is 3.69. The minimum Gasteiger partial charge on any atom is -0.396 e. The van der Waals surface area contributed by atoms with Crippen LogP contribution in [0, 0.1) is 9.62 Å². The van der Waals surface area contributed by atoms with Crippen LogP contribution in [-0.4, -0.2) is 34.7 Å². The molecule has 2 rings (SSSR count). The maximum atomic E-state index is 9.17. The van der Waals surface area contributed by atoms with E-state index in [1.54, 1.807) is 0 Å². The first kappa shape index (κ1) is 12.3. The first-order chi connectivity index (χ1) is 7.78. The van der Waals surface area contributed by atoms with Crippen molar-refractivity contribution in [3.63, 3.8) is 0 Å². The molecule has 0 spiro atoms. The van der Waals surface area contributed by atoms with Crippen LogP contribution in [-0.2, 0) is 6.54 Å². The summed E-state index contributed by atoms with van der Waals surface area (Å²) < 4.78 is 1.04. The predicted molar refractivity (Wildman–Crippen MR) is 72.0 cm³/mol. The normalized spacial score (nSPS) is 22.2. The highest BCUT2D eigenvalue weighted by atomic mass is 127. The van der Waals surface area contributed by atoms with E-state index in [-0.39, 0.29) is 0 Å². The summed E-state index contributed by atoms with van der Waals surface area (Å²) in [5.74, 6) is 0.463. The van der Waals surface area contributed by atoms with Crippen LogP contribution in [0.2, 0.25) is 0 Å². The van der Waals surface area contributed by atoms with Crippen molar-refractivity contribution in [3.05, 3.63) is 27.6 Å². The number of rotatable bonds is 3. The molecule has 1 aromatic heterocycles. The molecule has 1 atom stereocenters. The van der Waals surface area contributed by atoms with Crippen molar-refractivity contribution < 1.29 is 5.11 Å². The maximum Gasteiger partial charge on any atom is 0.101 e. The zero-order chi connectivity index (χ0) is 11.4. The molecule has 16 heavy (non-hydrogen) atoms. The molecule has 4 heteroatoms. The van der Waals surface area contributed by atoms with Gasteiger partial charge in [0.15, 0.2) is 0 Å². The van der Waals surface area contributed by atoms with Gasteiger partial charge in [-0.25, -0.2) is 0 Å². The third kappa shape index (κ3) is 3.40. The van der Waals surface area contributed by atoms with Crippen molar-refractivity contribution in [1.82, 2.24) is 9.88 Å². The van der Waals surface area contributed by atoms with Crippen LogP contribution in [0.5, 0.6) is 0 Å². The van der Waals surface area contributed by atoms with E-state index in [1.807, 2.05) is 12.3 Å². The molecule has 0 radical (unpaired) electrons. The molecule has 3 nitrogen and oxygen atoms in total. The van der Waals surface area contributed by atoms with Crippen LogP contribution >= 0.6 is 22.6 Å². The Labute approximate surface area is 110 Å². The average Bonchev–Trinajstić information content (AvgIpc) is 2.32. The summed E-state index contributed by atoms with van der Waals surface area (Å²) in [4.78, 5) is 6.71. The monoisotopic (exact) mass is 332 g/mol. The fourth-order valence-corrected chi connectivity index (χ4v) is 2.52. The lowest BCUT2D eigenvalue weighted by Crippen LogP contribution is -2.36. The first-order valence-electron chi connectivity index (χ1n) is 5.71. The molecule has 1 aliphatic rings. The fourth-order valence-electron chi connectivity index (χ4n) is 2.20. The van der Waals surface area contributed by atoms with Crippen LogP contribution in [0.3, 0.4) is 0 Å². The van der Waals surface area contributed by atoms with Crippen molar-refractivity contribution in [2.75, 3.05) is 19.7 Å². The van der Waals surface area contributed by atoms with Gasteiger partial charge in [0.25, 0.3) is 0 Å². The lowest BCUT2D eigenvalue weighted by Gasteiger charge is -2.31. The molecule has 0 amide bonds. The van der Waals surface area contributed by atoms with Crippen LogP contribution in [0.25, 0.3) is 0 Å². The molecule has 0 aromatic carbocycles. The molecule has 0 aliphatic carbocycles. The summed E-state index contributed by atoms with van der Waals surface area (Å²) in [6.45, 7) is 3.44. The Morgan fingerprint density at radius 3 is 3.06 bits per heavy atom. The lowest BCUT2D eigenvalue weighted by atomic mass is 9.99. The van der Waals surface area contributed by atoms with Crippen LogP contribution < -0.4 is 0 Å². The molecule has 1 saturated heterocycles. The van der Waals surface area contributed by atoms with Crippen molar-refractivity contribution in [1.29, 1.82) is 0 Å². The van der Waals surface area contributed by atoms with Gasteiger partial charge in [0.2, 0.25) is 0 Å². The van der Waals surface area contributed by atoms with E-state index in [4.69, 9.17) is 0 Å². The van der Waals surface area contributed by atoms with Crippen molar-refractivity contribution in [2.45, 2.75) is 19.4 Å². The Bertz CT molecular complexity index is 328. The summed E-state index contributed by atoms with van der Waals surface area (Å²) in [5.41, 5.74) is 1.26. The Hall–Kier alpha value is -0.200. The molecule has 2 heterocycles. The molecule has 0 saturated carbocycles. The van der Waals surface area contributed by atoms with Crippen LogP contribution in [0.4, 0.5) is 0 Å². The van der Waals surface area contributed by atoms with Crippen LogP contribution in [0.15, 0.2) is 18.3 Å². The third-order valence-electron chi connectivity index (χ3n) is 3.06. The number of piperidine rings is 1. The molecule has 1 aliphatic heterocycles. The maximum absolute atomic E-state index is 9.17. The van der Waals surface area contributed by atoms with Gasteiger partial charge < -0.3 is 5.11 Å². The van der Waals surface area contributed by atoms with Crippen LogP contribution in [0.1, 0.15) is 18.4 Å². The van der Waals surface area contributed by atoms with E-state index in [2.05, 4.69) is 38.5 Å². The molecule has 0 bridgehead atoms. The Morgan fingerprint density at radius 1 is 1.50 bits per heavy atom. The number of hydrogen-bond acceptors (Lipinski definition) is 3. The number of aliphatic hydroxyl groups excluding tert-OH is 1. The molecule has 1 aromatic rings. The van der Waals surface area contributed by atoms with Crippen molar-refractivity contribution in [2.24, 2.45) is 5.92 Å². The summed E-state index contributed by atoms with van der Waals surface area (Å²) in [7, 11) is 0. The van der Waals surface area contributed by atoms with Gasteiger partial charge in [-0.15, -0.1) is 0 Å². The molecule has 1 fully saturated rings. The summed E-state index contributed by atoms with van der Waals surface area (Å²) in [6.07, 6.45) is 4.31. The van der Waals surface area contributed by atoms with Crippen molar-refractivity contribution in [3.8, 4) is 0 Å². The highest BCUT2D eigenvalue weighted by Gasteiger charge is 2.18. The molecule has 1 unspecified atom stereocenters. The van der Waals surface area contributed by atoms with E-state index in [0.29, 0.717) is 12.5 Å². The molecule has 1 N–H and O–H groups in total. The zero-order valence-electron chi connectivity index (χ0n) is 9.27. The van der Waals surface area contributed by atoms with Gasteiger partial charge in [-0.05, 0) is 59.5 Å². The van der Waals surface area contributed by atoms with E-state index < -0.39 is 0 Å². The number of aromatic nitrogens is 1. The Balaban J connectivity index is 1.91. The van der Waals surface area contributed by atoms with Gasteiger partial charge in [0.05, 0.1) is 0 Å². The summed E-state index contributed by atoms with van der Waals surface area (Å²) >= 11 is 2.22. The van der Waals surface area contributed by atoms with E-state index in [9.17, 15) is 5.11 Å². The molecular weight excluding hydrogens is 315 g/mol. The number of halogens is 1. The average molecular weight is 332 g/mol. The predicted octanol–water partition coefficient (Wildman–Crippen LogP) is 1.89. The van der Waals surface area contributed by atoms with E-state index >= 15 is 0 Å². The molecular formula is C12H17IN2O. The summed E-state index contributed by atoms with van der Waals surface area (Å²) in [6, 6.07) is 4.18. The highest BCUT2D eigenvalue weighted by molar-refractivity contribution is 14.1. The number of pyridine rings is 1. The fraction of sp³-hybridized carbons (Fsp3) is 0.583. The summed E-state index contributed by atoms with van der Waals surface area (Å²) in [5, 5.41) is 9.17. The quantitative estimate of drug-likeness (QED) is 0.678. The largest absolute Gasteiger partial charge is 0.396 e. The van der Waals surface area contributed by atoms with E-state index in [1.165, 1.54) is 12.0 Å². The SMILES string of the molecule is OCC1CCCN(Cc2ccc(I)nc2)C1. The van der Waals surface area contributed by atoms with Crippen molar-refractivity contribution >= 4 is 22.6 Å².